The summed E-state index contributed by atoms with van der Waals surface area (Å²) in [6.07, 6.45) is 1.56. The topological polar surface area (TPSA) is 85.1 Å². The summed E-state index contributed by atoms with van der Waals surface area (Å²) in [6, 6.07) is 18.6. The van der Waals surface area contributed by atoms with Crippen molar-refractivity contribution in [3.63, 3.8) is 0 Å². The lowest BCUT2D eigenvalue weighted by Crippen LogP contribution is -2.26. The van der Waals surface area contributed by atoms with Crippen molar-refractivity contribution < 1.29 is 9.59 Å². The molecule has 0 fully saturated rings. The van der Waals surface area contributed by atoms with Crippen LogP contribution in [0, 0.1) is 0 Å². The second kappa shape index (κ2) is 6.91. The highest BCUT2D eigenvalue weighted by Gasteiger charge is 2.23. The van der Waals surface area contributed by atoms with Crippen LogP contribution in [0.5, 0.6) is 0 Å². The largest absolute Gasteiger partial charge is 0.370 e. The maximum absolute atomic E-state index is 12.6. The van der Waals surface area contributed by atoms with Gasteiger partial charge in [-0.3, -0.25) is 14.6 Å². The molecule has 3 N–H and O–H groups in total. The summed E-state index contributed by atoms with van der Waals surface area (Å²) in [5, 5.41) is 3.76. The Hall–Kier alpha value is -3.21. The van der Waals surface area contributed by atoms with E-state index in [1.54, 1.807) is 6.20 Å². The van der Waals surface area contributed by atoms with Gasteiger partial charge >= 0.3 is 0 Å². The van der Waals surface area contributed by atoms with Crippen LogP contribution in [0.1, 0.15) is 17.9 Å². The number of fused-ring (bicyclic) bond motifs is 1. The first-order chi connectivity index (χ1) is 11.6. The Morgan fingerprint density at radius 1 is 1.04 bits per heavy atom. The molecule has 3 aromatic rings. The van der Waals surface area contributed by atoms with Crippen molar-refractivity contribution in [2.45, 2.75) is 12.3 Å². The molecule has 1 heterocycles. The molecule has 1 aromatic heterocycles. The summed E-state index contributed by atoms with van der Waals surface area (Å²) in [5.41, 5.74) is 7.50. The summed E-state index contributed by atoms with van der Waals surface area (Å²) in [6.45, 7) is 0. The lowest BCUT2D eigenvalue weighted by atomic mass is 9.94. The highest BCUT2D eigenvalue weighted by molar-refractivity contribution is 5.99. The van der Waals surface area contributed by atoms with Crippen LogP contribution in [0.15, 0.2) is 66.9 Å². The molecule has 0 bridgehead atoms. The number of benzene rings is 2. The van der Waals surface area contributed by atoms with Gasteiger partial charge in [0.05, 0.1) is 23.3 Å². The lowest BCUT2D eigenvalue weighted by molar-refractivity contribution is -0.123. The number of carbonyl (C=O) groups is 2. The Morgan fingerprint density at radius 3 is 2.50 bits per heavy atom. The van der Waals surface area contributed by atoms with Gasteiger partial charge in [-0.2, -0.15) is 0 Å². The zero-order valence-electron chi connectivity index (χ0n) is 13.0. The molecule has 0 spiro atoms. The molecule has 1 atom stereocenters. The summed E-state index contributed by atoms with van der Waals surface area (Å²) in [7, 11) is 0. The fourth-order valence-electron chi connectivity index (χ4n) is 2.62. The van der Waals surface area contributed by atoms with Crippen LogP contribution in [0.4, 0.5) is 5.69 Å². The van der Waals surface area contributed by atoms with Gasteiger partial charge in [0.25, 0.3) is 0 Å². The van der Waals surface area contributed by atoms with Gasteiger partial charge in [-0.15, -0.1) is 0 Å². The Balaban J connectivity index is 1.85. The molecule has 0 aliphatic carbocycles. The Bertz CT molecular complexity index is 878. The normalized spacial score (nSPS) is 11.8. The summed E-state index contributed by atoms with van der Waals surface area (Å²) in [5.74, 6) is -1.43. The maximum Gasteiger partial charge on any atom is 0.232 e. The highest BCUT2D eigenvalue weighted by atomic mass is 16.2. The molecule has 0 aliphatic heterocycles. The van der Waals surface area contributed by atoms with Crippen LogP contribution in [0.2, 0.25) is 0 Å². The molecule has 5 heteroatoms. The molecule has 0 radical (unpaired) electrons. The minimum absolute atomic E-state index is 0.0448. The SMILES string of the molecule is NC(=O)CC(C(=O)Nc1cnc2ccccc2c1)c1ccccc1. The van der Waals surface area contributed by atoms with E-state index < -0.39 is 11.8 Å². The fourth-order valence-corrected chi connectivity index (χ4v) is 2.62. The number of aromatic nitrogens is 1. The van der Waals surface area contributed by atoms with Gasteiger partial charge in [0, 0.05) is 11.8 Å². The van der Waals surface area contributed by atoms with Gasteiger partial charge in [0.1, 0.15) is 0 Å². The van der Waals surface area contributed by atoms with Crippen molar-refractivity contribution >= 4 is 28.4 Å². The van der Waals surface area contributed by atoms with E-state index in [0.29, 0.717) is 5.69 Å². The van der Waals surface area contributed by atoms with Crippen LogP contribution >= 0.6 is 0 Å². The van der Waals surface area contributed by atoms with Gasteiger partial charge in [-0.1, -0.05) is 48.5 Å². The van der Waals surface area contributed by atoms with Crippen LogP contribution in [0.3, 0.4) is 0 Å². The third kappa shape index (κ3) is 3.57. The number of pyridine rings is 1. The van der Waals surface area contributed by atoms with E-state index in [1.165, 1.54) is 0 Å². The molecule has 5 nitrogen and oxygen atoms in total. The van der Waals surface area contributed by atoms with Crippen LogP contribution in [0.25, 0.3) is 10.9 Å². The average molecular weight is 319 g/mol. The van der Waals surface area contributed by atoms with Crippen molar-refractivity contribution in [3.05, 3.63) is 72.4 Å². The maximum atomic E-state index is 12.6. The monoisotopic (exact) mass is 319 g/mol. The third-order valence-corrected chi connectivity index (χ3v) is 3.78. The van der Waals surface area contributed by atoms with E-state index in [4.69, 9.17) is 5.73 Å². The fraction of sp³-hybridized carbons (Fsp3) is 0.105. The average Bonchev–Trinajstić information content (AvgIpc) is 2.60. The summed E-state index contributed by atoms with van der Waals surface area (Å²) in [4.78, 5) is 28.3. The van der Waals surface area contributed by atoms with E-state index in [1.807, 2.05) is 60.7 Å². The molecule has 3 rings (SSSR count). The van der Waals surface area contributed by atoms with E-state index in [0.717, 1.165) is 16.5 Å². The predicted molar refractivity (Wildman–Crippen MR) is 93.4 cm³/mol. The molecular weight excluding hydrogens is 302 g/mol. The van der Waals surface area contributed by atoms with Crippen LogP contribution in [-0.2, 0) is 9.59 Å². The number of hydrogen-bond donors (Lipinski definition) is 2. The zero-order chi connectivity index (χ0) is 16.9. The highest BCUT2D eigenvalue weighted by Crippen LogP contribution is 2.23. The Kier molecular flexibility index (Phi) is 4.52. The second-order valence-corrected chi connectivity index (χ2v) is 5.54. The molecule has 120 valence electrons. The van der Waals surface area contributed by atoms with Crippen LogP contribution in [-0.4, -0.2) is 16.8 Å². The van der Waals surface area contributed by atoms with Gasteiger partial charge in [0.15, 0.2) is 0 Å². The second-order valence-electron chi connectivity index (χ2n) is 5.54. The molecule has 2 aromatic carbocycles. The number of nitrogens with two attached hydrogens (primary N) is 1. The number of nitrogens with zero attached hydrogens (tertiary/aromatic N) is 1. The van der Waals surface area contributed by atoms with Crippen molar-refractivity contribution in [2.75, 3.05) is 5.32 Å². The van der Waals surface area contributed by atoms with Gasteiger partial charge in [-0.05, 0) is 17.7 Å². The number of anilines is 1. The van der Waals surface area contributed by atoms with Crippen molar-refractivity contribution in [2.24, 2.45) is 5.73 Å². The summed E-state index contributed by atoms with van der Waals surface area (Å²) >= 11 is 0. The molecule has 2 amide bonds. The first-order valence-electron chi connectivity index (χ1n) is 7.62. The molecule has 0 saturated heterocycles. The number of primary amides is 1. The van der Waals surface area contributed by atoms with E-state index in [2.05, 4.69) is 10.3 Å². The number of nitrogens with one attached hydrogen (secondary N) is 1. The van der Waals surface area contributed by atoms with E-state index >= 15 is 0 Å². The third-order valence-electron chi connectivity index (χ3n) is 3.78. The Labute approximate surface area is 139 Å². The van der Waals surface area contributed by atoms with Gasteiger partial charge in [0.2, 0.25) is 11.8 Å². The van der Waals surface area contributed by atoms with Crippen molar-refractivity contribution in [1.29, 1.82) is 0 Å². The number of para-hydroxylation sites is 1. The summed E-state index contributed by atoms with van der Waals surface area (Å²) < 4.78 is 0. The van der Waals surface area contributed by atoms with E-state index in [-0.39, 0.29) is 12.3 Å². The van der Waals surface area contributed by atoms with E-state index in [9.17, 15) is 9.59 Å². The molecule has 0 saturated carbocycles. The minimum atomic E-state index is -0.629. The van der Waals surface area contributed by atoms with Crippen molar-refractivity contribution in [1.82, 2.24) is 4.98 Å². The Morgan fingerprint density at radius 2 is 1.75 bits per heavy atom. The predicted octanol–water partition coefficient (Wildman–Crippen LogP) is 2.83. The minimum Gasteiger partial charge on any atom is -0.370 e. The van der Waals surface area contributed by atoms with Crippen LogP contribution < -0.4 is 11.1 Å². The first kappa shape index (κ1) is 15.7. The number of rotatable bonds is 5. The zero-order valence-corrected chi connectivity index (χ0v) is 13.0. The van der Waals surface area contributed by atoms with Gasteiger partial charge in [-0.25, -0.2) is 0 Å². The number of hydrogen-bond acceptors (Lipinski definition) is 3. The molecular formula is C19H17N3O2. The van der Waals surface area contributed by atoms with Gasteiger partial charge < -0.3 is 11.1 Å². The quantitative estimate of drug-likeness (QED) is 0.758. The smallest absolute Gasteiger partial charge is 0.232 e. The number of amides is 2. The molecule has 0 aliphatic rings. The lowest BCUT2D eigenvalue weighted by Gasteiger charge is -2.16. The standard InChI is InChI=1S/C19H17N3O2/c20-18(23)11-16(13-6-2-1-3-7-13)19(24)22-15-10-14-8-4-5-9-17(14)21-12-15/h1-10,12,16H,11H2,(H2,20,23)(H,22,24). The number of carbonyl (C=O) groups excluding carboxylic acids is 2. The molecule has 24 heavy (non-hydrogen) atoms. The first-order valence-corrected chi connectivity index (χ1v) is 7.62. The molecule has 1 unspecified atom stereocenters. The van der Waals surface area contributed by atoms with Crippen molar-refractivity contribution in [3.8, 4) is 0 Å².